The molecule has 11 heteroatoms. The monoisotopic (exact) mass is 566 g/mol. The minimum absolute atomic E-state index is 0.0822. The summed E-state index contributed by atoms with van der Waals surface area (Å²) in [5, 5.41) is 2.39. The minimum Gasteiger partial charge on any atom is -0.449 e. The highest BCUT2D eigenvalue weighted by molar-refractivity contribution is 7.92. The van der Waals surface area contributed by atoms with Gasteiger partial charge in [0.1, 0.15) is 10.7 Å². The average Bonchev–Trinajstić information content (AvgIpc) is 2.81. The molecule has 0 aliphatic carbocycles. The number of hydrogen-bond acceptors (Lipinski definition) is 5. The molecule has 0 saturated heterocycles. The summed E-state index contributed by atoms with van der Waals surface area (Å²) in [6, 6.07) is 12.3. The van der Waals surface area contributed by atoms with E-state index in [-0.39, 0.29) is 27.2 Å². The highest BCUT2D eigenvalue weighted by Crippen LogP contribution is 2.31. The Kier molecular flexibility index (Phi) is 8.84. The van der Waals surface area contributed by atoms with Crippen LogP contribution in [0.4, 0.5) is 15.8 Å². The number of amides is 1. The van der Waals surface area contributed by atoms with E-state index in [1.54, 1.807) is 0 Å². The van der Waals surface area contributed by atoms with E-state index < -0.39 is 38.7 Å². The first-order valence-electron chi connectivity index (χ1n) is 11.2. The number of carbonyl (C=O) groups excluding carboxylic acids is 2. The molecule has 3 aromatic rings. The molecule has 0 aliphatic rings. The zero-order valence-electron chi connectivity index (χ0n) is 20.4. The molecule has 7 nitrogen and oxygen atoms in total. The van der Waals surface area contributed by atoms with Crippen molar-refractivity contribution in [2.24, 2.45) is 0 Å². The van der Waals surface area contributed by atoms with Crippen LogP contribution < -0.4 is 10.0 Å². The fourth-order valence-electron chi connectivity index (χ4n) is 3.46. The molecule has 0 spiro atoms. The molecule has 0 aliphatic heterocycles. The number of aryl methyl sites for hydroxylation is 1. The van der Waals surface area contributed by atoms with Crippen molar-refractivity contribution in [3.63, 3.8) is 0 Å². The van der Waals surface area contributed by atoms with Gasteiger partial charge >= 0.3 is 5.97 Å². The van der Waals surface area contributed by atoms with Crippen LogP contribution in [0, 0.1) is 12.7 Å². The summed E-state index contributed by atoms with van der Waals surface area (Å²) in [6.07, 6.45) is -1.23. The van der Waals surface area contributed by atoms with Gasteiger partial charge in [0, 0.05) is 11.4 Å². The Morgan fingerprint density at radius 3 is 2.24 bits per heavy atom. The van der Waals surface area contributed by atoms with E-state index in [1.807, 2.05) is 39.0 Å². The maximum atomic E-state index is 13.2. The first-order valence-corrected chi connectivity index (χ1v) is 13.4. The van der Waals surface area contributed by atoms with E-state index in [1.165, 1.54) is 19.1 Å². The van der Waals surface area contributed by atoms with Crippen LogP contribution in [0.2, 0.25) is 10.0 Å². The molecule has 0 radical (unpaired) electrons. The Hall–Kier alpha value is -3.14. The number of anilines is 2. The lowest BCUT2D eigenvalue weighted by Gasteiger charge is -2.19. The number of esters is 1. The summed E-state index contributed by atoms with van der Waals surface area (Å²) in [7, 11) is -4.28. The Bertz CT molecular complexity index is 1440. The van der Waals surface area contributed by atoms with Crippen molar-refractivity contribution in [2.45, 2.75) is 44.6 Å². The van der Waals surface area contributed by atoms with Gasteiger partial charge in [0.15, 0.2) is 6.10 Å². The van der Waals surface area contributed by atoms with Gasteiger partial charge in [0.05, 0.1) is 15.6 Å². The first kappa shape index (κ1) is 28.4. The van der Waals surface area contributed by atoms with Crippen LogP contribution in [-0.4, -0.2) is 26.4 Å². The Labute approximate surface area is 225 Å². The lowest BCUT2D eigenvalue weighted by Crippen LogP contribution is -2.31. The van der Waals surface area contributed by atoms with Gasteiger partial charge in [-0.1, -0.05) is 55.2 Å². The van der Waals surface area contributed by atoms with Crippen LogP contribution in [0.15, 0.2) is 59.5 Å². The van der Waals surface area contributed by atoms with Gasteiger partial charge in [0.25, 0.3) is 15.9 Å². The third kappa shape index (κ3) is 6.80. The molecule has 1 amide bonds. The Morgan fingerprint density at radius 1 is 0.973 bits per heavy atom. The van der Waals surface area contributed by atoms with E-state index in [2.05, 4.69) is 10.0 Å². The molecule has 2 N–H and O–H groups in total. The average molecular weight is 567 g/mol. The predicted octanol–water partition coefficient (Wildman–Crippen LogP) is 6.55. The SMILES string of the molecule is Cc1cccc(C(C)C)c1NC(=O)C(C)OC(=O)c1cc(S(=O)(=O)Nc2ccc(F)cc2)c(Cl)cc1Cl. The fraction of sp³-hybridized carbons (Fsp3) is 0.231. The number of carbonyl (C=O) groups is 2. The van der Waals surface area contributed by atoms with Crippen molar-refractivity contribution >= 4 is 56.5 Å². The highest BCUT2D eigenvalue weighted by Gasteiger charge is 2.26. The number of para-hydroxylation sites is 1. The second-order valence-electron chi connectivity index (χ2n) is 8.61. The van der Waals surface area contributed by atoms with Gasteiger partial charge in [-0.25, -0.2) is 17.6 Å². The third-order valence-electron chi connectivity index (χ3n) is 5.46. The number of halogens is 3. The molecule has 3 aromatic carbocycles. The second kappa shape index (κ2) is 11.5. The summed E-state index contributed by atoms with van der Waals surface area (Å²) in [5.41, 5.74) is 2.19. The fourth-order valence-corrected chi connectivity index (χ4v) is 5.37. The third-order valence-corrected chi connectivity index (χ3v) is 7.61. The Balaban J connectivity index is 1.82. The van der Waals surface area contributed by atoms with Crippen LogP contribution >= 0.6 is 23.2 Å². The normalized spacial score (nSPS) is 12.2. The van der Waals surface area contributed by atoms with Crippen molar-refractivity contribution in [3.8, 4) is 0 Å². The molecule has 0 fully saturated rings. The van der Waals surface area contributed by atoms with Gasteiger partial charge < -0.3 is 10.1 Å². The highest BCUT2D eigenvalue weighted by atomic mass is 35.5. The van der Waals surface area contributed by atoms with Gasteiger partial charge in [-0.15, -0.1) is 0 Å². The van der Waals surface area contributed by atoms with Crippen LogP contribution in [0.25, 0.3) is 0 Å². The number of benzene rings is 3. The molecular weight excluding hydrogens is 542 g/mol. The molecule has 0 bridgehead atoms. The number of sulfonamides is 1. The van der Waals surface area contributed by atoms with E-state index in [9.17, 15) is 22.4 Å². The zero-order valence-corrected chi connectivity index (χ0v) is 22.8. The topological polar surface area (TPSA) is 102 Å². The van der Waals surface area contributed by atoms with E-state index in [4.69, 9.17) is 27.9 Å². The van der Waals surface area contributed by atoms with E-state index in [0.29, 0.717) is 5.69 Å². The smallest absolute Gasteiger partial charge is 0.340 e. The molecule has 3 rings (SSSR count). The molecule has 0 saturated carbocycles. The number of nitrogens with one attached hydrogen (secondary N) is 2. The molecule has 0 aromatic heterocycles. The number of hydrogen-bond donors (Lipinski definition) is 2. The maximum absolute atomic E-state index is 13.2. The summed E-state index contributed by atoms with van der Waals surface area (Å²) in [4.78, 5) is 25.2. The van der Waals surface area contributed by atoms with Crippen molar-refractivity contribution < 1.29 is 27.1 Å². The maximum Gasteiger partial charge on any atom is 0.340 e. The van der Waals surface area contributed by atoms with E-state index >= 15 is 0 Å². The molecule has 37 heavy (non-hydrogen) atoms. The molecule has 1 atom stereocenters. The van der Waals surface area contributed by atoms with E-state index in [0.717, 1.165) is 35.4 Å². The standard InChI is InChI=1S/C26H25Cl2FN2O5S/c1-14(2)19-7-5-6-15(3)24(19)30-25(32)16(4)36-26(33)20-12-23(22(28)13-21(20)27)37(34,35)31-18-10-8-17(29)9-11-18/h5-14,16,31H,1-4H3,(H,30,32). The van der Waals surface area contributed by atoms with Crippen molar-refractivity contribution in [1.82, 2.24) is 0 Å². The van der Waals surface area contributed by atoms with Crippen molar-refractivity contribution in [2.75, 3.05) is 10.0 Å². The predicted molar refractivity (Wildman–Crippen MR) is 142 cm³/mol. The molecule has 1 unspecified atom stereocenters. The van der Waals surface area contributed by atoms with Crippen molar-refractivity contribution in [1.29, 1.82) is 0 Å². The summed E-state index contributed by atoms with van der Waals surface area (Å²) >= 11 is 12.3. The quantitative estimate of drug-likeness (QED) is 0.301. The van der Waals surface area contributed by atoms with Gasteiger partial charge in [-0.2, -0.15) is 0 Å². The van der Waals surface area contributed by atoms with Gasteiger partial charge in [-0.3, -0.25) is 9.52 Å². The minimum atomic E-state index is -4.28. The largest absolute Gasteiger partial charge is 0.449 e. The molecular formula is C26H25Cl2FN2O5S. The van der Waals surface area contributed by atoms with Crippen LogP contribution in [-0.2, 0) is 19.6 Å². The van der Waals surface area contributed by atoms with Gasteiger partial charge in [0.2, 0.25) is 0 Å². The summed E-state index contributed by atoms with van der Waals surface area (Å²) < 4.78 is 46.5. The molecule has 0 heterocycles. The van der Waals surface area contributed by atoms with Crippen LogP contribution in [0.5, 0.6) is 0 Å². The lowest BCUT2D eigenvalue weighted by molar-refractivity contribution is -0.123. The summed E-state index contributed by atoms with van der Waals surface area (Å²) in [6.45, 7) is 7.23. The molecule has 196 valence electrons. The number of ether oxygens (including phenoxy) is 1. The first-order chi connectivity index (χ1) is 17.3. The lowest BCUT2D eigenvalue weighted by atomic mass is 9.98. The van der Waals surface area contributed by atoms with Crippen molar-refractivity contribution in [3.05, 3.63) is 87.2 Å². The van der Waals surface area contributed by atoms with Crippen LogP contribution in [0.1, 0.15) is 48.2 Å². The zero-order chi connectivity index (χ0) is 27.5. The van der Waals surface area contributed by atoms with Gasteiger partial charge in [-0.05, 0) is 67.3 Å². The number of rotatable bonds is 8. The Morgan fingerprint density at radius 2 is 1.62 bits per heavy atom. The second-order valence-corrected chi connectivity index (χ2v) is 11.1. The summed E-state index contributed by atoms with van der Waals surface area (Å²) in [5.74, 6) is -1.99. The van der Waals surface area contributed by atoms with Crippen LogP contribution in [0.3, 0.4) is 0 Å².